The van der Waals surface area contributed by atoms with Gasteiger partial charge in [0.1, 0.15) is 0 Å². The van der Waals surface area contributed by atoms with Crippen LogP contribution in [-0.2, 0) is 16.4 Å². The maximum atomic E-state index is 12.6. The number of aliphatic hydroxyl groups is 1. The first kappa shape index (κ1) is 14.5. The third-order valence-electron chi connectivity index (χ3n) is 4.00. The maximum Gasteiger partial charge on any atom is 0.251 e. The maximum absolute atomic E-state index is 12.6. The average molecular weight is 310 g/mol. The summed E-state index contributed by atoms with van der Waals surface area (Å²) in [5.74, 6) is -0.230. The van der Waals surface area contributed by atoms with Crippen molar-refractivity contribution in [3.05, 3.63) is 29.3 Å². The van der Waals surface area contributed by atoms with E-state index in [4.69, 9.17) is 0 Å². The van der Waals surface area contributed by atoms with Gasteiger partial charge in [0.15, 0.2) is 0 Å². The van der Waals surface area contributed by atoms with Gasteiger partial charge in [-0.2, -0.15) is 4.31 Å². The van der Waals surface area contributed by atoms with Crippen molar-refractivity contribution in [3.8, 4) is 0 Å². The van der Waals surface area contributed by atoms with Gasteiger partial charge < -0.3 is 10.4 Å². The smallest absolute Gasteiger partial charge is 0.251 e. The lowest BCUT2D eigenvalue weighted by atomic mass is 10.0. The molecule has 1 amide bonds. The molecule has 0 spiro atoms. The Balaban J connectivity index is 1.96. The largest absolute Gasteiger partial charge is 0.392 e. The molecule has 21 heavy (non-hydrogen) atoms. The number of piperidine rings is 1. The molecule has 2 heterocycles. The average Bonchev–Trinajstić information content (AvgIpc) is 2.47. The Bertz CT molecular complexity index is 672. The molecule has 0 saturated carbocycles. The zero-order valence-electron chi connectivity index (χ0n) is 11.6. The summed E-state index contributed by atoms with van der Waals surface area (Å²) in [6.45, 7) is 1.10. The van der Waals surface area contributed by atoms with Crippen molar-refractivity contribution in [2.24, 2.45) is 0 Å². The zero-order valence-corrected chi connectivity index (χ0v) is 12.4. The number of hydrogen-bond acceptors (Lipinski definition) is 4. The molecule has 0 aromatic heterocycles. The first-order valence-electron chi connectivity index (χ1n) is 7.08. The van der Waals surface area contributed by atoms with Gasteiger partial charge in [-0.15, -0.1) is 0 Å². The Morgan fingerprint density at radius 3 is 2.90 bits per heavy atom. The van der Waals surface area contributed by atoms with Gasteiger partial charge >= 0.3 is 0 Å². The molecular weight excluding hydrogens is 292 g/mol. The van der Waals surface area contributed by atoms with E-state index in [1.54, 1.807) is 12.1 Å². The number of nitrogens with zero attached hydrogens (tertiary/aromatic N) is 1. The number of amides is 1. The Morgan fingerprint density at radius 1 is 1.33 bits per heavy atom. The number of sulfonamides is 1. The number of aliphatic hydroxyl groups excluding tert-OH is 1. The molecule has 0 unspecified atom stereocenters. The Morgan fingerprint density at radius 2 is 2.14 bits per heavy atom. The van der Waals surface area contributed by atoms with E-state index in [9.17, 15) is 18.3 Å². The van der Waals surface area contributed by atoms with E-state index in [0.29, 0.717) is 37.9 Å². The summed E-state index contributed by atoms with van der Waals surface area (Å²) in [7, 11) is -3.66. The predicted molar refractivity (Wildman–Crippen MR) is 76.5 cm³/mol. The van der Waals surface area contributed by atoms with E-state index < -0.39 is 16.1 Å². The van der Waals surface area contributed by atoms with E-state index in [2.05, 4.69) is 5.32 Å². The van der Waals surface area contributed by atoms with Crippen LogP contribution in [0.25, 0.3) is 0 Å². The summed E-state index contributed by atoms with van der Waals surface area (Å²) in [6, 6.07) is 4.70. The van der Waals surface area contributed by atoms with Crippen LogP contribution in [0.4, 0.5) is 0 Å². The number of β-amino-alcohol motifs (C(OH)–C–C–N with tert-alkyl or cyclic N) is 1. The van der Waals surface area contributed by atoms with E-state index in [1.807, 2.05) is 0 Å². The predicted octanol–water partition coefficient (Wildman–Crippen LogP) is 0.118. The Labute approximate surface area is 123 Å². The molecule has 2 aliphatic rings. The molecule has 0 aliphatic carbocycles. The molecule has 0 bridgehead atoms. The van der Waals surface area contributed by atoms with Crippen molar-refractivity contribution in [3.63, 3.8) is 0 Å². The fraction of sp³-hybridized carbons (Fsp3) is 0.500. The van der Waals surface area contributed by atoms with Crippen LogP contribution in [0.15, 0.2) is 23.1 Å². The first-order valence-corrected chi connectivity index (χ1v) is 8.52. The third kappa shape index (κ3) is 2.68. The summed E-state index contributed by atoms with van der Waals surface area (Å²) in [5.41, 5.74) is 1.30. The van der Waals surface area contributed by atoms with Crippen molar-refractivity contribution >= 4 is 15.9 Å². The van der Waals surface area contributed by atoms with Gasteiger partial charge in [-0.3, -0.25) is 4.79 Å². The molecule has 2 aliphatic heterocycles. The van der Waals surface area contributed by atoms with Crippen LogP contribution >= 0.6 is 0 Å². The van der Waals surface area contributed by atoms with Crippen molar-refractivity contribution < 1.29 is 18.3 Å². The molecule has 7 heteroatoms. The van der Waals surface area contributed by atoms with E-state index in [-0.39, 0.29) is 17.3 Å². The normalized spacial score (nSPS) is 23.5. The number of carbonyl (C=O) groups excluding carboxylic acids is 1. The zero-order chi connectivity index (χ0) is 15.0. The van der Waals surface area contributed by atoms with Crippen LogP contribution in [0.5, 0.6) is 0 Å². The lowest BCUT2D eigenvalue weighted by Crippen LogP contribution is -2.42. The molecule has 1 aromatic rings. The fourth-order valence-electron chi connectivity index (χ4n) is 2.84. The van der Waals surface area contributed by atoms with Crippen LogP contribution < -0.4 is 5.32 Å². The molecule has 1 fully saturated rings. The van der Waals surface area contributed by atoms with Crippen LogP contribution in [-0.4, -0.2) is 49.5 Å². The molecule has 1 atom stereocenters. The van der Waals surface area contributed by atoms with Crippen molar-refractivity contribution in [2.75, 3.05) is 19.6 Å². The van der Waals surface area contributed by atoms with Gasteiger partial charge in [-0.05, 0) is 37.0 Å². The van der Waals surface area contributed by atoms with Crippen LogP contribution in [0.1, 0.15) is 28.8 Å². The second-order valence-electron chi connectivity index (χ2n) is 5.48. The number of benzene rings is 1. The van der Waals surface area contributed by atoms with Crippen molar-refractivity contribution in [1.82, 2.24) is 9.62 Å². The standard InChI is InChI=1S/C14H18N2O4S/c17-11-2-1-7-16(9-11)21(19,20)12-4-3-10-5-6-15-14(18)13(10)8-12/h3-4,8,11,17H,1-2,5-7,9H2,(H,15,18)/t11-/m0/s1. The minimum absolute atomic E-state index is 0.117. The summed E-state index contributed by atoms with van der Waals surface area (Å²) < 4.78 is 26.5. The van der Waals surface area contributed by atoms with Crippen LogP contribution in [0.2, 0.25) is 0 Å². The molecule has 2 N–H and O–H groups in total. The quantitative estimate of drug-likeness (QED) is 0.812. The topological polar surface area (TPSA) is 86.7 Å². The highest BCUT2D eigenvalue weighted by Crippen LogP contribution is 2.24. The van der Waals surface area contributed by atoms with Gasteiger partial charge in [0.2, 0.25) is 10.0 Å². The van der Waals surface area contributed by atoms with Crippen molar-refractivity contribution in [1.29, 1.82) is 0 Å². The summed E-state index contributed by atoms with van der Waals surface area (Å²) in [6.07, 6.45) is 1.36. The number of hydrogen-bond donors (Lipinski definition) is 2. The van der Waals surface area contributed by atoms with Gasteiger partial charge in [-0.25, -0.2) is 8.42 Å². The molecular formula is C14H18N2O4S. The minimum Gasteiger partial charge on any atom is -0.392 e. The van der Waals surface area contributed by atoms with Crippen molar-refractivity contribution in [2.45, 2.75) is 30.3 Å². The summed E-state index contributed by atoms with van der Waals surface area (Å²) >= 11 is 0. The van der Waals surface area contributed by atoms with E-state index >= 15 is 0 Å². The highest BCUT2D eigenvalue weighted by molar-refractivity contribution is 7.89. The number of carbonyl (C=O) groups is 1. The van der Waals surface area contributed by atoms with Crippen LogP contribution in [0.3, 0.4) is 0 Å². The third-order valence-corrected chi connectivity index (χ3v) is 5.86. The Hall–Kier alpha value is -1.44. The number of rotatable bonds is 2. The molecule has 1 saturated heterocycles. The highest BCUT2D eigenvalue weighted by Gasteiger charge is 2.30. The molecule has 6 nitrogen and oxygen atoms in total. The fourth-order valence-corrected chi connectivity index (χ4v) is 4.38. The monoisotopic (exact) mass is 310 g/mol. The van der Waals surface area contributed by atoms with Crippen LogP contribution in [0, 0.1) is 0 Å². The van der Waals surface area contributed by atoms with Gasteiger partial charge in [0.05, 0.1) is 11.0 Å². The lowest BCUT2D eigenvalue weighted by molar-refractivity contribution is 0.0945. The highest BCUT2D eigenvalue weighted by atomic mass is 32.2. The second-order valence-corrected chi connectivity index (χ2v) is 7.42. The van der Waals surface area contributed by atoms with E-state index in [1.165, 1.54) is 10.4 Å². The second kappa shape index (κ2) is 5.40. The van der Waals surface area contributed by atoms with Gasteiger partial charge in [-0.1, -0.05) is 6.07 Å². The summed E-state index contributed by atoms with van der Waals surface area (Å²) in [5, 5.41) is 12.4. The Kier molecular flexibility index (Phi) is 3.73. The summed E-state index contributed by atoms with van der Waals surface area (Å²) in [4.78, 5) is 12.0. The lowest BCUT2D eigenvalue weighted by Gasteiger charge is -2.29. The molecule has 114 valence electrons. The van der Waals surface area contributed by atoms with Gasteiger partial charge in [0, 0.05) is 25.2 Å². The molecule has 1 aromatic carbocycles. The number of fused-ring (bicyclic) bond motifs is 1. The van der Waals surface area contributed by atoms with E-state index in [0.717, 1.165) is 5.56 Å². The number of nitrogens with one attached hydrogen (secondary N) is 1. The first-order chi connectivity index (χ1) is 9.98. The molecule has 3 rings (SSSR count). The minimum atomic E-state index is -3.66. The van der Waals surface area contributed by atoms with Gasteiger partial charge in [0.25, 0.3) is 5.91 Å². The SMILES string of the molecule is O=C1NCCc2ccc(S(=O)(=O)N3CCC[C@H](O)C3)cc21. The molecule has 0 radical (unpaired) electrons.